The van der Waals surface area contributed by atoms with Gasteiger partial charge in [-0.25, -0.2) is 0 Å². The number of hydrogen-bond acceptors (Lipinski definition) is 1. The first kappa shape index (κ1) is 10.6. The Balaban J connectivity index is 3.12. The van der Waals surface area contributed by atoms with Crippen molar-refractivity contribution in [3.8, 4) is 0 Å². The topological polar surface area (TPSA) is 19.0 Å². The van der Waals surface area contributed by atoms with Gasteiger partial charge in [-0.1, -0.05) is 12.7 Å². The summed E-state index contributed by atoms with van der Waals surface area (Å²) in [5, 5.41) is 0. The third-order valence-electron chi connectivity index (χ3n) is 2.18. The van der Waals surface area contributed by atoms with Gasteiger partial charge >= 0.3 is 0 Å². The molecule has 0 radical (unpaired) electrons. The lowest BCUT2D eigenvalue weighted by Gasteiger charge is -2.08. The van der Waals surface area contributed by atoms with Crippen LogP contribution in [0.5, 0.6) is 0 Å². The Morgan fingerprint density at radius 1 is 1.50 bits per heavy atom. The van der Waals surface area contributed by atoms with Crippen molar-refractivity contribution >= 4 is 11.6 Å². The quantitative estimate of drug-likeness (QED) is 0.776. The highest BCUT2D eigenvalue weighted by Gasteiger charge is 2.06. The molecule has 0 saturated carbocycles. The Hall–Kier alpha value is -1.44. The summed E-state index contributed by atoms with van der Waals surface area (Å²) in [7, 11) is 4.04. The molecule has 0 aliphatic carbocycles. The number of hydrogen-bond donors (Lipinski definition) is 1. The normalized spacial score (nSPS) is 11.6. The molecule has 2 nitrogen and oxygen atoms in total. The molecule has 76 valence electrons. The average Bonchev–Trinajstić information content (AvgIpc) is 2.45. The fourth-order valence-electron chi connectivity index (χ4n) is 1.57. The van der Waals surface area contributed by atoms with E-state index in [-0.39, 0.29) is 0 Å². The Morgan fingerprint density at radius 3 is 2.64 bits per heavy atom. The Morgan fingerprint density at radius 2 is 2.14 bits per heavy atom. The van der Waals surface area contributed by atoms with Crippen LogP contribution in [-0.2, 0) is 0 Å². The average molecular weight is 190 g/mol. The number of aromatic nitrogens is 1. The number of allylic oxidation sites excluding steroid dienone is 1. The highest BCUT2D eigenvalue weighted by atomic mass is 15.0. The van der Waals surface area contributed by atoms with Crippen molar-refractivity contribution in [2.45, 2.75) is 13.8 Å². The first-order valence-electron chi connectivity index (χ1n) is 4.72. The number of H-pyrrole nitrogens is 1. The molecule has 2 heteroatoms. The number of nitrogens with zero attached hydrogens (tertiary/aromatic N) is 1. The summed E-state index contributed by atoms with van der Waals surface area (Å²) in [5.74, 6) is 0. The van der Waals surface area contributed by atoms with Crippen LogP contribution in [0.1, 0.15) is 23.7 Å². The van der Waals surface area contributed by atoms with Gasteiger partial charge in [-0.15, -0.1) is 0 Å². The van der Waals surface area contributed by atoms with Gasteiger partial charge in [0.25, 0.3) is 0 Å². The number of nitrogens with one attached hydrogen (secondary N) is 1. The van der Waals surface area contributed by atoms with Crippen LogP contribution in [0.25, 0.3) is 11.6 Å². The lowest BCUT2D eigenvalue weighted by Crippen LogP contribution is -2.02. The molecule has 0 amide bonds. The van der Waals surface area contributed by atoms with E-state index in [9.17, 15) is 0 Å². The second-order valence-corrected chi connectivity index (χ2v) is 3.74. The van der Waals surface area contributed by atoms with Crippen molar-refractivity contribution in [2.75, 3.05) is 14.1 Å². The molecule has 1 aromatic rings. The summed E-state index contributed by atoms with van der Waals surface area (Å²) in [4.78, 5) is 5.30. The zero-order chi connectivity index (χ0) is 10.7. The monoisotopic (exact) mass is 190 g/mol. The number of aromatic amines is 1. The van der Waals surface area contributed by atoms with E-state index < -0.39 is 0 Å². The largest absolute Gasteiger partial charge is 0.383 e. The zero-order valence-corrected chi connectivity index (χ0v) is 9.39. The van der Waals surface area contributed by atoms with Gasteiger partial charge in [-0.05, 0) is 25.0 Å². The van der Waals surface area contributed by atoms with Crippen LogP contribution in [0.15, 0.2) is 19.0 Å². The number of aryl methyl sites for hydroxylation is 1. The summed E-state index contributed by atoms with van der Waals surface area (Å²) in [6, 6.07) is 0. The van der Waals surface area contributed by atoms with Gasteiger partial charge in [0.15, 0.2) is 0 Å². The molecule has 0 bridgehead atoms. The highest BCUT2D eigenvalue weighted by molar-refractivity contribution is 5.72. The standard InChI is InChI=1S/C12H18N2/c1-6-11-9(2)7-13-12(11)10(3)8-14(4)5/h6-8,13H,1H2,2-5H3/b10-8-. The molecule has 0 spiro atoms. The third-order valence-corrected chi connectivity index (χ3v) is 2.18. The van der Waals surface area contributed by atoms with E-state index in [1.165, 1.54) is 16.7 Å². The SMILES string of the molecule is C=Cc1c(C)c[nH]c1/C(C)=C\N(C)C. The van der Waals surface area contributed by atoms with Gasteiger partial charge in [0.05, 0.1) is 5.69 Å². The first-order chi connectivity index (χ1) is 6.56. The second-order valence-electron chi connectivity index (χ2n) is 3.74. The van der Waals surface area contributed by atoms with Gasteiger partial charge in [0.2, 0.25) is 0 Å². The maximum absolute atomic E-state index is 3.83. The van der Waals surface area contributed by atoms with E-state index in [2.05, 4.69) is 31.6 Å². The van der Waals surface area contributed by atoms with Crippen LogP contribution in [0, 0.1) is 6.92 Å². The lowest BCUT2D eigenvalue weighted by atomic mass is 10.1. The van der Waals surface area contributed by atoms with Crippen molar-refractivity contribution in [1.82, 2.24) is 9.88 Å². The minimum Gasteiger partial charge on any atom is -0.383 e. The van der Waals surface area contributed by atoms with Crippen molar-refractivity contribution < 1.29 is 0 Å². The molecule has 0 saturated heterocycles. The maximum atomic E-state index is 3.83. The second kappa shape index (κ2) is 4.18. The van der Waals surface area contributed by atoms with E-state index in [0.29, 0.717) is 0 Å². The van der Waals surface area contributed by atoms with Crippen molar-refractivity contribution in [3.05, 3.63) is 35.8 Å². The summed E-state index contributed by atoms with van der Waals surface area (Å²) in [5.41, 5.74) is 4.81. The Labute approximate surface area is 85.9 Å². The molecular weight excluding hydrogens is 172 g/mol. The molecule has 0 aliphatic rings. The van der Waals surface area contributed by atoms with Crippen LogP contribution >= 0.6 is 0 Å². The molecule has 1 aromatic heterocycles. The molecule has 0 atom stereocenters. The zero-order valence-electron chi connectivity index (χ0n) is 9.39. The fourth-order valence-corrected chi connectivity index (χ4v) is 1.57. The summed E-state index contributed by atoms with van der Waals surface area (Å²) in [6.07, 6.45) is 6.01. The predicted octanol–water partition coefficient (Wildman–Crippen LogP) is 2.89. The molecule has 14 heavy (non-hydrogen) atoms. The summed E-state index contributed by atoms with van der Waals surface area (Å²) >= 11 is 0. The van der Waals surface area contributed by atoms with E-state index in [1.807, 2.05) is 31.3 Å². The van der Waals surface area contributed by atoms with Gasteiger partial charge in [-0.2, -0.15) is 0 Å². The van der Waals surface area contributed by atoms with Crippen molar-refractivity contribution in [3.63, 3.8) is 0 Å². The van der Waals surface area contributed by atoms with Gasteiger partial charge < -0.3 is 9.88 Å². The van der Waals surface area contributed by atoms with Crippen LogP contribution in [0.4, 0.5) is 0 Å². The molecule has 0 fully saturated rings. The predicted molar refractivity (Wildman–Crippen MR) is 63.0 cm³/mol. The fraction of sp³-hybridized carbons (Fsp3) is 0.333. The minimum atomic E-state index is 1.16. The summed E-state index contributed by atoms with van der Waals surface area (Å²) < 4.78 is 0. The van der Waals surface area contributed by atoms with Crippen LogP contribution in [0.3, 0.4) is 0 Å². The van der Waals surface area contributed by atoms with Crippen LogP contribution in [0.2, 0.25) is 0 Å². The molecule has 1 heterocycles. The van der Waals surface area contributed by atoms with E-state index >= 15 is 0 Å². The van der Waals surface area contributed by atoms with Crippen molar-refractivity contribution in [1.29, 1.82) is 0 Å². The van der Waals surface area contributed by atoms with Gasteiger partial charge in [0.1, 0.15) is 0 Å². The molecule has 0 aliphatic heterocycles. The molecule has 1 rings (SSSR count). The molecule has 0 unspecified atom stereocenters. The van der Waals surface area contributed by atoms with Gasteiger partial charge in [0, 0.05) is 32.1 Å². The minimum absolute atomic E-state index is 1.16. The molecular formula is C12H18N2. The van der Waals surface area contributed by atoms with Crippen LogP contribution < -0.4 is 0 Å². The van der Waals surface area contributed by atoms with E-state index in [4.69, 9.17) is 0 Å². The van der Waals surface area contributed by atoms with E-state index in [0.717, 1.165) is 5.69 Å². The molecule has 1 N–H and O–H groups in total. The smallest absolute Gasteiger partial charge is 0.0500 e. The molecule has 0 aromatic carbocycles. The first-order valence-corrected chi connectivity index (χ1v) is 4.72. The number of rotatable bonds is 3. The van der Waals surface area contributed by atoms with Crippen LogP contribution in [-0.4, -0.2) is 24.0 Å². The van der Waals surface area contributed by atoms with Gasteiger partial charge in [-0.3, -0.25) is 0 Å². The van der Waals surface area contributed by atoms with E-state index in [1.54, 1.807) is 0 Å². The summed E-state index contributed by atoms with van der Waals surface area (Å²) in [6.45, 7) is 8.00. The lowest BCUT2D eigenvalue weighted by molar-refractivity contribution is 0.565. The van der Waals surface area contributed by atoms with Crippen molar-refractivity contribution in [2.24, 2.45) is 0 Å². The Bertz CT molecular complexity index is 356. The maximum Gasteiger partial charge on any atom is 0.0500 e. The Kier molecular flexibility index (Phi) is 3.18. The highest BCUT2D eigenvalue weighted by Crippen LogP contribution is 2.21. The third kappa shape index (κ3) is 2.08.